The molecule has 2 aromatic carbocycles. The van der Waals surface area contributed by atoms with Crippen LogP contribution in [0.2, 0.25) is 0 Å². The molecule has 1 aromatic heterocycles. The predicted molar refractivity (Wildman–Crippen MR) is 107 cm³/mol. The molecule has 2 amide bonds. The molecule has 3 aromatic rings. The number of carbonyl (C=O) groups is 2. The molecule has 0 radical (unpaired) electrons. The number of hydrogen-bond donors (Lipinski definition) is 3. The summed E-state index contributed by atoms with van der Waals surface area (Å²) in [6, 6.07) is 14.3. The number of aryl methyl sites for hydroxylation is 1. The van der Waals surface area contributed by atoms with Gasteiger partial charge in [0.05, 0.1) is 11.2 Å². The van der Waals surface area contributed by atoms with Gasteiger partial charge in [0.2, 0.25) is 10.0 Å². The molecule has 150 valence electrons. The van der Waals surface area contributed by atoms with Gasteiger partial charge in [-0.2, -0.15) is 0 Å². The Hall–Kier alpha value is -3.43. The lowest BCUT2D eigenvalue weighted by Crippen LogP contribution is -2.24. The van der Waals surface area contributed by atoms with Crippen molar-refractivity contribution < 1.29 is 22.4 Å². The first kappa shape index (κ1) is 20.3. The predicted octanol–water partition coefficient (Wildman–Crippen LogP) is 2.42. The van der Waals surface area contributed by atoms with Crippen LogP contribution in [0.3, 0.4) is 0 Å². The molecule has 0 aliphatic heterocycles. The van der Waals surface area contributed by atoms with Crippen LogP contribution >= 0.6 is 0 Å². The van der Waals surface area contributed by atoms with E-state index in [1.807, 2.05) is 0 Å². The van der Waals surface area contributed by atoms with Crippen LogP contribution in [0.4, 0.5) is 5.69 Å². The maximum absolute atomic E-state index is 12.5. The molecular formula is C20H19N3O5S. The number of nitrogens with one attached hydrogen (secondary N) is 2. The van der Waals surface area contributed by atoms with E-state index < -0.39 is 15.9 Å². The number of primary sulfonamides is 1. The molecule has 4 N–H and O–H groups in total. The van der Waals surface area contributed by atoms with Gasteiger partial charge in [0.1, 0.15) is 0 Å². The van der Waals surface area contributed by atoms with E-state index in [0.717, 1.165) is 5.56 Å². The topological polar surface area (TPSA) is 132 Å². The second kappa shape index (κ2) is 8.29. The summed E-state index contributed by atoms with van der Waals surface area (Å²) in [4.78, 5) is 24.4. The summed E-state index contributed by atoms with van der Waals surface area (Å²) in [7, 11) is -3.91. The number of amides is 2. The Labute approximate surface area is 167 Å². The molecule has 9 heteroatoms. The van der Waals surface area contributed by atoms with Crippen LogP contribution in [0.15, 0.2) is 70.2 Å². The van der Waals surface area contributed by atoms with E-state index in [0.29, 0.717) is 11.3 Å². The molecule has 0 saturated heterocycles. The van der Waals surface area contributed by atoms with Crippen molar-refractivity contribution in [2.24, 2.45) is 5.14 Å². The number of nitrogens with two attached hydrogens (primary N) is 1. The molecule has 0 spiro atoms. The third kappa shape index (κ3) is 5.09. The van der Waals surface area contributed by atoms with E-state index in [1.165, 1.54) is 24.5 Å². The van der Waals surface area contributed by atoms with Gasteiger partial charge in [-0.15, -0.1) is 0 Å². The summed E-state index contributed by atoms with van der Waals surface area (Å²) < 4.78 is 28.1. The van der Waals surface area contributed by atoms with E-state index in [9.17, 15) is 18.0 Å². The van der Waals surface area contributed by atoms with Gasteiger partial charge < -0.3 is 15.1 Å². The minimum Gasteiger partial charge on any atom is -0.459 e. The summed E-state index contributed by atoms with van der Waals surface area (Å²) in [5, 5.41) is 10.6. The van der Waals surface area contributed by atoms with Crippen LogP contribution in [-0.4, -0.2) is 20.2 Å². The van der Waals surface area contributed by atoms with Crippen molar-refractivity contribution in [1.82, 2.24) is 5.32 Å². The maximum Gasteiger partial charge on any atom is 0.291 e. The smallest absolute Gasteiger partial charge is 0.291 e. The Morgan fingerprint density at radius 3 is 2.52 bits per heavy atom. The Kier molecular flexibility index (Phi) is 5.81. The van der Waals surface area contributed by atoms with Crippen molar-refractivity contribution >= 4 is 27.5 Å². The average Bonchev–Trinajstić information content (AvgIpc) is 3.21. The van der Waals surface area contributed by atoms with Crippen LogP contribution in [0.1, 0.15) is 32.0 Å². The fourth-order valence-electron chi connectivity index (χ4n) is 2.66. The molecule has 0 unspecified atom stereocenters. The molecule has 29 heavy (non-hydrogen) atoms. The van der Waals surface area contributed by atoms with Gasteiger partial charge in [-0.25, -0.2) is 13.6 Å². The number of carbonyl (C=O) groups excluding carboxylic acids is 2. The molecule has 0 aliphatic rings. The molecule has 3 rings (SSSR count). The minimum absolute atomic E-state index is 0.129. The van der Waals surface area contributed by atoms with Gasteiger partial charge in [-0.3, -0.25) is 9.59 Å². The zero-order chi connectivity index (χ0) is 21.0. The first-order valence-electron chi connectivity index (χ1n) is 8.59. The number of furan rings is 1. The standard InChI is InChI=1S/C20H19N3O5S/c1-13-7-8-16(29(21,26)27)11-17(13)19(24)22-12-14-4-2-5-15(10-14)23-20(25)18-6-3-9-28-18/h2-11H,12H2,1H3,(H,22,24)(H,23,25)(H2,21,26,27). The normalized spacial score (nSPS) is 11.1. The lowest BCUT2D eigenvalue weighted by Gasteiger charge is -2.10. The monoisotopic (exact) mass is 413 g/mol. The molecule has 0 fully saturated rings. The first-order chi connectivity index (χ1) is 13.7. The summed E-state index contributed by atoms with van der Waals surface area (Å²) in [6.45, 7) is 1.88. The number of rotatable bonds is 6. The highest BCUT2D eigenvalue weighted by atomic mass is 32.2. The fraction of sp³-hybridized carbons (Fsp3) is 0.100. The second-order valence-electron chi connectivity index (χ2n) is 6.34. The summed E-state index contributed by atoms with van der Waals surface area (Å²) in [5.74, 6) is -0.626. The third-order valence-corrected chi connectivity index (χ3v) is 5.08. The van der Waals surface area contributed by atoms with Gasteiger partial charge in [0.15, 0.2) is 5.76 Å². The lowest BCUT2D eigenvalue weighted by molar-refractivity contribution is 0.0948. The van der Waals surface area contributed by atoms with Crippen molar-refractivity contribution in [1.29, 1.82) is 0 Å². The highest BCUT2D eigenvalue weighted by Gasteiger charge is 2.15. The van der Waals surface area contributed by atoms with Crippen molar-refractivity contribution in [2.45, 2.75) is 18.4 Å². The Morgan fingerprint density at radius 1 is 1.03 bits per heavy atom. The number of sulfonamides is 1. The van der Waals surface area contributed by atoms with Crippen molar-refractivity contribution in [3.8, 4) is 0 Å². The molecule has 0 atom stereocenters. The largest absolute Gasteiger partial charge is 0.459 e. The zero-order valence-corrected chi connectivity index (χ0v) is 16.3. The highest BCUT2D eigenvalue weighted by molar-refractivity contribution is 7.89. The van der Waals surface area contributed by atoms with Gasteiger partial charge >= 0.3 is 0 Å². The molecule has 1 heterocycles. The fourth-order valence-corrected chi connectivity index (χ4v) is 3.20. The molecule has 8 nitrogen and oxygen atoms in total. The Balaban J connectivity index is 1.69. The van der Waals surface area contributed by atoms with E-state index in [-0.39, 0.29) is 28.7 Å². The van der Waals surface area contributed by atoms with E-state index >= 15 is 0 Å². The van der Waals surface area contributed by atoms with Gasteiger partial charge in [-0.05, 0) is 54.4 Å². The van der Waals surface area contributed by atoms with E-state index in [4.69, 9.17) is 9.56 Å². The van der Waals surface area contributed by atoms with Crippen molar-refractivity contribution in [3.63, 3.8) is 0 Å². The lowest BCUT2D eigenvalue weighted by atomic mass is 10.1. The third-order valence-electron chi connectivity index (χ3n) is 4.17. The van der Waals surface area contributed by atoms with Gasteiger partial charge in [0.25, 0.3) is 11.8 Å². The van der Waals surface area contributed by atoms with Crippen molar-refractivity contribution in [2.75, 3.05) is 5.32 Å². The van der Waals surface area contributed by atoms with Crippen LogP contribution in [-0.2, 0) is 16.6 Å². The summed E-state index contributed by atoms with van der Waals surface area (Å²) in [6.07, 6.45) is 1.41. The summed E-state index contributed by atoms with van der Waals surface area (Å²) in [5.41, 5.74) is 2.13. The Bertz CT molecular complexity index is 1150. The van der Waals surface area contributed by atoms with Crippen LogP contribution in [0.25, 0.3) is 0 Å². The molecular weight excluding hydrogens is 394 g/mol. The average molecular weight is 413 g/mol. The van der Waals surface area contributed by atoms with Crippen LogP contribution in [0, 0.1) is 6.92 Å². The maximum atomic E-state index is 12.5. The van der Waals surface area contributed by atoms with Crippen LogP contribution < -0.4 is 15.8 Å². The van der Waals surface area contributed by atoms with E-state index in [1.54, 1.807) is 43.3 Å². The minimum atomic E-state index is -3.91. The van der Waals surface area contributed by atoms with Crippen molar-refractivity contribution in [3.05, 3.63) is 83.3 Å². The van der Waals surface area contributed by atoms with E-state index in [2.05, 4.69) is 10.6 Å². The quantitative estimate of drug-likeness (QED) is 0.571. The second-order valence-corrected chi connectivity index (χ2v) is 7.90. The summed E-state index contributed by atoms with van der Waals surface area (Å²) >= 11 is 0. The Morgan fingerprint density at radius 2 is 1.83 bits per heavy atom. The molecule has 0 saturated carbocycles. The number of hydrogen-bond acceptors (Lipinski definition) is 5. The number of anilines is 1. The first-order valence-corrected chi connectivity index (χ1v) is 10.1. The van der Waals surface area contributed by atoms with Crippen LogP contribution in [0.5, 0.6) is 0 Å². The molecule has 0 aliphatic carbocycles. The highest BCUT2D eigenvalue weighted by Crippen LogP contribution is 2.16. The SMILES string of the molecule is Cc1ccc(S(N)(=O)=O)cc1C(=O)NCc1cccc(NC(=O)c2ccco2)c1. The van der Waals surface area contributed by atoms with Gasteiger partial charge in [-0.1, -0.05) is 18.2 Å². The number of benzene rings is 2. The zero-order valence-electron chi connectivity index (χ0n) is 15.5. The van der Waals surface area contributed by atoms with Gasteiger partial charge in [0, 0.05) is 17.8 Å². The molecule has 0 bridgehead atoms.